The molecule has 0 aromatic carbocycles. The Bertz CT molecular complexity index is 216. The molecule has 0 spiro atoms. The third kappa shape index (κ3) is 2.61. The highest BCUT2D eigenvalue weighted by Crippen LogP contribution is 2.37. The van der Waals surface area contributed by atoms with Crippen molar-refractivity contribution in [3.63, 3.8) is 0 Å². The van der Waals surface area contributed by atoms with Crippen LogP contribution in [0.3, 0.4) is 0 Å². The normalized spacial score (nSPS) is 29.1. The summed E-state index contributed by atoms with van der Waals surface area (Å²) >= 11 is 0. The molecule has 0 aliphatic heterocycles. The van der Waals surface area contributed by atoms with Gasteiger partial charge >= 0.3 is 6.09 Å². The number of hydrogen-bond donors (Lipinski definition) is 3. The minimum Gasteiger partial charge on any atom is -0.465 e. The van der Waals surface area contributed by atoms with Gasteiger partial charge in [0.25, 0.3) is 0 Å². The molecule has 1 amide bonds. The third-order valence-corrected chi connectivity index (χ3v) is 2.83. The standard InChI is InChI=1S/C10H19NO3/c1-10(2,3)8(11-9(13)14)6-4-7(12)5-6/h6-8,11-12H,4-5H2,1-3H3,(H,13,14). The predicted octanol–water partition coefficient (Wildman–Crippen LogP) is 1.44. The first kappa shape index (κ1) is 11.3. The van der Waals surface area contributed by atoms with Crippen molar-refractivity contribution in [1.82, 2.24) is 5.32 Å². The van der Waals surface area contributed by atoms with Crippen LogP contribution >= 0.6 is 0 Å². The smallest absolute Gasteiger partial charge is 0.404 e. The number of nitrogens with one attached hydrogen (secondary N) is 1. The van der Waals surface area contributed by atoms with Crippen LogP contribution in [0.5, 0.6) is 0 Å². The Morgan fingerprint density at radius 2 is 1.93 bits per heavy atom. The van der Waals surface area contributed by atoms with Gasteiger partial charge < -0.3 is 15.5 Å². The third-order valence-electron chi connectivity index (χ3n) is 2.83. The lowest BCUT2D eigenvalue weighted by atomic mass is 9.68. The van der Waals surface area contributed by atoms with Crippen molar-refractivity contribution in [1.29, 1.82) is 0 Å². The lowest BCUT2D eigenvalue weighted by Gasteiger charge is -2.43. The van der Waals surface area contributed by atoms with Gasteiger partial charge in [0, 0.05) is 6.04 Å². The van der Waals surface area contributed by atoms with Gasteiger partial charge in [-0.1, -0.05) is 20.8 Å². The fourth-order valence-electron chi connectivity index (χ4n) is 2.08. The van der Waals surface area contributed by atoms with E-state index in [9.17, 15) is 9.90 Å². The SMILES string of the molecule is CC(C)(C)C(NC(=O)O)C1CC(O)C1. The van der Waals surface area contributed by atoms with E-state index in [1.165, 1.54) is 0 Å². The molecule has 1 aliphatic carbocycles. The Morgan fingerprint density at radius 3 is 2.21 bits per heavy atom. The zero-order valence-electron chi connectivity index (χ0n) is 8.95. The number of aliphatic hydroxyl groups is 1. The first-order valence-corrected chi connectivity index (χ1v) is 4.98. The fraction of sp³-hybridized carbons (Fsp3) is 0.900. The zero-order valence-corrected chi connectivity index (χ0v) is 8.95. The summed E-state index contributed by atoms with van der Waals surface area (Å²) in [6.45, 7) is 6.04. The van der Waals surface area contributed by atoms with Gasteiger partial charge in [-0.3, -0.25) is 0 Å². The highest BCUT2D eigenvalue weighted by molar-refractivity contribution is 5.65. The number of carbonyl (C=O) groups is 1. The molecule has 0 radical (unpaired) electrons. The quantitative estimate of drug-likeness (QED) is 0.633. The lowest BCUT2D eigenvalue weighted by Crippen LogP contribution is -2.53. The largest absolute Gasteiger partial charge is 0.465 e. The molecule has 4 nitrogen and oxygen atoms in total. The Hall–Kier alpha value is -0.770. The van der Waals surface area contributed by atoms with Crippen molar-refractivity contribution in [3.8, 4) is 0 Å². The van der Waals surface area contributed by atoms with E-state index in [0.29, 0.717) is 12.8 Å². The van der Waals surface area contributed by atoms with Crippen LogP contribution in [0.25, 0.3) is 0 Å². The molecule has 4 heteroatoms. The summed E-state index contributed by atoms with van der Waals surface area (Å²) in [6, 6.07) is -0.0663. The van der Waals surface area contributed by atoms with Crippen LogP contribution in [0.15, 0.2) is 0 Å². The van der Waals surface area contributed by atoms with Gasteiger partial charge in [0.15, 0.2) is 0 Å². The van der Waals surface area contributed by atoms with Crippen molar-refractivity contribution in [2.24, 2.45) is 11.3 Å². The molecule has 1 unspecified atom stereocenters. The summed E-state index contributed by atoms with van der Waals surface area (Å²) < 4.78 is 0. The van der Waals surface area contributed by atoms with Crippen LogP contribution in [0, 0.1) is 11.3 Å². The molecule has 0 heterocycles. The maximum Gasteiger partial charge on any atom is 0.404 e. The summed E-state index contributed by atoms with van der Waals surface area (Å²) in [5.41, 5.74) is -0.0941. The van der Waals surface area contributed by atoms with Crippen LogP contribution in [0.4, 0.5) is 4.79 Å². The Labute approximate surface area is 84.3 Å². The zero-order chi connectivity index (χ0) is 10.9. The van der Waals surface area contributed by atoms with Gasteiger partial charge in [-0.2, -0.15) is 0 Å². The first-order chi connectivity index (χ1) is 6.30. The molecule has 0 saturated heterocycles. The van der Waals surface area contributed by atoms with Crippen molar-refractivity contribution in [2.45, 2.75) is 45.8 Å². The van der Waals surface area contributed by atoms with E-state index in [1.807, 2.05) is 20.8 Å². The van der Waals surface area contributed by atoms with Gasteiger partial charge in [0.2, 0.25) is 0 Å². The van der Waals surface area contributed by atoms with Crippen LogP contribution in [-0.4, -0.2) is 28.5 Å². The van der Waals surface area contributed by atoms with Crippen molar-refractivity contribution >= 4 is 6.09 Å². The summed E-state index contributed by atoms with van der Waals surface area (Å²) in [5.74, 6) is 0.279. The van der Waals surface area contributed by atoms with Crippen LogP contribution in [0.1, 0.15) is 33.6 Å². The van der Waals surface area contributed by atoms with Crippen molar-refractivity contribution in [2.75, 3.05) is 0 Å². The van der Waals surface area contributed by atoms with E-state index in [4.69, 9.17) is 5.11 Å². The minimum atomic E-state index is -0.980. The number of carboxylic acid groups (broad SMARTS) is 1. The molecule has 0 aromatic heterocycles. The molecular formula is C10H19NO3. The first-order valence-electron chi connectivity index (χ1n) is 4.98. The van der Waals surface area contributed by atoms with E-state index in [2.05, 4.69) is 5.32 Å². The number of rotatable bonds is 2. The molecule has 1 saturated carbocycles. The topological polar surface area (TPSA) is 69.6 Å². The maximum absolute atomic E-state index is 10.6. The van der Waals surface area contributed by atoms with E-state index >= 15 is 0 Å². The Balaban J connectivity index is 2.58. The second-order valence-electron chi connectivity index (χ2n) is 5.18. The van der Waals surface area contributed by atoms with Crippen molar-refractivity contribution in [3.05, 3.63) is 0 Å². The second kappa shape index (κ2) is 3.77. The van der Waals surface area contributed by atoms with E-state index in [-0.39, 0.29) is 23.5 Å². The monoisotopic (exact) mass is 201 g/mol. The number of hydrogen-bond acceptors (Lipinski definition) is 2. The second-order valence-corrected chi connectivity index (χ2v) is 5.18. The molecule has 0 bridgehead atoms. The van der Waals surface area contributed by atoms with Gasteiger partial charge in [0.05, 0.1) is 6.10 Å². The van der Waals surface area contributed by atoms with Gasteiger partial charge in [0.1, 0.15) is 0 Å². The summed E-state index contributed by atoms with van der Waals surface area (Å²) in [7, 11) is 0. The van der Waals surface area contributed by atoms with E-state index in [1.54, 1.807) is 0 Å². The summed E-state index contributed by atoms with van der Waals surface area (Å²) in [5, 5.41) is 20.4. The summed E-state index contributed by atoms with van der Waals surface area (Å²) in [4.78, 5) is 10.6. The van der Waals surface area contributed by atoms with Crippen LogP contribution in [0.2, 0.25) is 0 Å². The van der Waals surface area contributed by atoms with Gasteiger partial charge in [-0.25, -0.2) is 4.79 Å². The molecule has 0 aromatic rings. The van der Waals surface area contributed by atoms with Crippen LogP contribution in [-0.2, 0) is 0 Å². The lowest BCUT2D eigenvalue weighted by molar-refractivity contribution is 0.00239. The minimum absolute atomic E-state index is 0.0663. The maximum atomic E-state index is 10.6. The molecule has 82 valence electrons. The highest BCUT2D eigenvalue weighted by atomic mass is 16.4. The molecular weight excluding hydrogens is 182 g/mol. The average Bonchev–Trinajstić information content (AvgIpc) is 1.92. The van der Waals surface area contributed by atoms with Crippen LogP contribution < -0.4 is 5.32 Å². The molecule has 14 heavy (non-hydrogen) atoms. The molecule has 3 N–H and O–H groups in total. The van der Waals surface area contributed by atoms with Gasteiger partial charge in [-0.15, -0.1) is 0 Å². The molecule has 1 rings (SSSR count). The number of aliphatic hydroxyl groups excluding tert-OH is 1. The average molecular weight is 201 g/mol. The van der Waals surface area contributed by atoms with E-state index < -0.39 is 6.09 Å². The Kier molecular flexibility index (Phi) is 3.04. The van der Waals surface area contributed by atoms with E-state index in [0.717, 1.165) is 0 Å². The molecule has 1 atom stereocenters. The molecule has 1 fully saturated rings. The fourth-order valence-corrected chi connectivity index (χ4v) is 2.08. The predicted molar refractivity (Wildman–Crippen MR) is 53.1 cm³/mol. The molecule has 1 aliphatic rings. The number of amides is 1. The highest BCUT2D eigenvalue weighted by Gasteiger charge is 2.40. The Morgan fingerprint density at radius 1 is 1.43 bits per heavy atom. The van der Waals surface area contributed by atoms with Crippen molar-refractivity contribution < 1.29 is 15.0 Å². The summed E-state index contributed by atoms with van der Waals surface area (Å²) in [6.07, 6.45) is 0.205. The van der Waals surface area contributed by atoms with Gasteiger partial charge in [-0.05, 0) is 24.2 Å².